The molecule has 2 aromatic carbocycles. The maximum atomic E-state index is 13.3. The smallest absolute Gasteiger partial charge is 0.230 e. The molecule has 1 heterocycles. The summed E-state index contributed by atoms with van der Waals surface area (Å²) in [7, 11) is -1.99. The van der Waals surface area contributed by atoms with Crippen molar-refractivity contribution in [1.82, 2.24) is 0 Å². The van der Waals surface area contributed by atoms with E-state index in [0.717, 1.165) is 42.7 Å². The SMILES string of the molecule is CCC(C)(CCOC(C)(C)CCC[SH](C)(C)=O)Oc1ccc([C@@H]2CC(=O)N2c2ccc(F)cc2)cc1. The van der Waals surface area contributed by atoms with E-state index in [1.807, 2.05) is 36.8 Å². The van der Waals surface area contributed by atoms with E-state index < -0.39 is 9.93 Å². The lowest BCUT2D eigenvalue weighted by Gasteiger charge is -2.41. The van der Waals surface area contributed by atoms with E-state index in [4.69, 9.17) is 9.47 Å². The Morgan fingerprint density at radius 1 is 1.03 bits per heavy atom. The second-order valence-corrected chi connectivity index (χ2v) is 14.8. The van der Waals surface area contributed by atoms with E-state index in [0.29, 0.717) is 18.7 Å². The van der Waals surface area contributed by atoms with Crippen molar-refractivity contribution >= 4 is 21.5 Å². The summed E-state index contributed by atoms with van der Waals surface area (Å²) < 4.78 is 37.8. The molecule has 2 atom stereocenters. The van der Waals surface area contributed by atoms with Gasteiger partial charge in [-0.15, -0.1) is 9.93 Å². The number of rotatable bonds is 13. The molecule has 0 bridgehead atoms. The molecule has 1 aliphatic rings. The topological polar surface area (TPSA) is 55.8 Å². The second kappa shape index (κ2) is 11.4. The molecule has 1 saturated heterocycles. The summed E-state index contributed by atoms with van der Waals surface area (Å²) in [5, 5.41) is 0. The Hall–Kier alpha value is -2.25. The molecule has 200 valence electrons. The average molecular weight is 520 g/mol. The molecule has 0 N–H and O–H groups in total. The normalized spacial score (nSPS) is 18.5. The van der Waals surface area contributed by atoms with E-state index in [1.165, 1.54) is 12.1 Å². The quantitative estimate of drug-likeness (QED) is 0.257. The predicted molar refractivity (Wildman–Crippen MR) is 147 cm³/mol. The van der Waals surface area contributed by atoms with E-state index in [1.54, 1.807) is 17.0 Å². The van der Waals surface area contributed by atoms with Crippen molar-refractivity contribution in [2.24, 2.45) is 0 Å². The van der Waals surface area contributed by atoms with Crippen molar-refractivity contribution in [1.29, 1.82) is 0 Å². The highest BCUT2D eigenvalue weighted by Crippen LogP contribution is 2.39. The maximum absolute atomic E-state index is 13.3. The van der Waals surface area contributed by atoms with Crippen molar-refractivity contribution in [2.45, 2.75) is 77.0 Å². The van der Waals surface area contributed by atoms with E-state index in [-0.39, 0.29) is 29.0 Å². The molecular formula is C29H42FNO4S. The molecule has 1 aliphatic heterocycles. The van der Waals surface area contributed by atoms with Gasteiger partial charge in [0.25, 0.3) is 0 Å². The lowest BCUT2D eigenvalue weighted by Crippen LogP contribution is -2.46. The van der Waals surface area contributed by atoms with Crippen LogP contribution in [0.2, 0.25) is 0 Å². The third-order valence-corrected chi connectivity index (χ3v) is 8.42. The number of benzene rings is 2. The first-order valence-electron chi connectivity index (χ1n) is 12.9. The minimum absolute atomic E-state index is 0.0341. The third-order valence-electron chi connectivity index (χ3n) is 7.03. The molecule has 36 heavy (non-hydrogen) atoms. The summed E-state index contributed by atoms with van der Waals surface area (Å²) in [6, 6.07) is 13.9. The highest BCUT2D eigenvalue weighted by molar-refractivity contribution is 8.01. The van der Waals surface area contributed by atoms with Crippen LogP contribution in [0.4, 0.5) is 10.1 Å². The fourth-order valence-electron chi connectivity index (χ4n) is 4.45. The van der Waals surface area contributed by atoms with Crippen LogP contribution in [0.5, 0.6) is 5.75 Å². The number of hydrogen-bond donors (Lipinski definition) is 1. The fraction of sp³-hybridized carbons (Fsp3) is 0.552. The van der Waals surface area contributed by atoms with Gasteiger partial charge in [-0.1, -0.05) is 19.1 Å². The number of halogens is 1. The number of β-lactam (4-membered cyclic amide) rings is 1. The number of amides is 1. The summed E-state index contributed by atoms with van der Waals surface area (Å²) in [5.74, 6) is 1.25. The van der Waals surface area contributed by atoms with Crippen molar-refractivity contribution in [2.75, 3.05) is 29.8 Å². The van der Waals surface area contributed by atoms with Crippen LogP contribution in [0.15, 0.2) is 48.5 Å². The van der Waals surface area contributed by atoms with Crippen LogP contribution >= 0.6 is 0 Å². The molecule has 1 amide bonds. The third kappa shape index (κ3) is 7.87. The minimum atomic E-state index is -1.99. The van der Waals surface area contributed by atoms with Gasteiger partial charge in [0.2, 0.25) is 5.91 Å². The van der Waals surface area contributed by atoms with Crippen molar-refractivity contribution < 1.29 is 22.9 Å². The lowest BCUT2D eigenvalue weighted by molar-refractivity contribution is -0.124. The Morgan fingerprint density at radius 2 is 1.67 bits per heavy atom. The summed E-state index contributed by atoms with van der Waals surface area (Å²) >= 11 is 0. The molecule has 3 rings (SSSR count). The number of hydrogen-bond acceptors (Lipinski definition) is 4. The molecule has 0 saturated carbocycles. The van der Waals surface area contributed by atoms with Gasteiger partial charge in [0.15, 0.2) is 0 Å². The molecule has 0 aliphatic carbocycles. The van der Waals surface area contributed by atoms with Gasteiger partial charge in [-0.3, -0.25) is 9.00 Å². The maximum Gasteiger partial charge on any atom is 0.230 e. The lowest BCUT2D eigenvalue weighted by atomic mass is 9.93. The molecule has 0 radical (unpaired) electrons. The van der Waals surface area contributed by atoms with Gasteiger partial charge in [0, 0.05) is 17.9 Å². The van der Waals surface area contributed by atoms with Crippen LogP contribution in [0.3, 0.4) is 0 Å². The van der Waals surface area contributed by atoms with Gasteiger partial charge in [0.05, 0.1) is 24.7 Å². The Labute approximate surface area is 216 Å². The van der Waals surface area contributed by atoms with Crippen molar-refractivity contribution in [3.05, 3.63) is 59.9 Å². The van der Waals surface area contributed by atoms with Gasteiger partial charge < -0.3 is 14.4 Å². The van der Waals surface area contributed by atoms with Crippen molar-refractivity contribution in [3.63, 3.8) is 0 Å². The number of nitrogens with zero attached hydrogens (tertiary/aromatic N) is 1. The molecule has 5 nitrogen and oxygen atoms in total. The van der Waals surface area contributed by atoms with E-state index >= 15 is 0 Å². The van der Waals surface area contributed by atoms with Gasteiger partial charge in [-0.05, 0) is 94.5 Å². The standard InChI is InChI=1S/C29H42FNO4S/c1-7-29(4,18-19-34-28(2,3)17-8-20-36(5,6)33)35-25-15-9-22(10-16-25)26-21-27(32)31(26)24-13-11-23(30)12-14-24/h9-16,26,36H,7-8,17-21H2,1-6H3/t26-,29?/m0/s1. The first-order chi connectivity index (χ1) is 16.8. The van der Waals surface area contributed by atoms with Crippen LogP contribution in [-0.4, -0.2) is 46.2 Å². The first-order valence-corrected chi connectivity index (χ1v) is 15.6. The minimum Gasteiger partial charge on any atom is -0.488 e. The molecule has 7 heteroatoms. The molecule has 1 unspecified atom stereocenters. The zero-order valence-corrected chi connectivity index (χ0v) is 23.4. The Balaban J connectivity index is 1.54. The average Bonchev–Trinajstić information content (AvgIpc) is 2.78. The highest BCUT2D eigenvalue weighted by Gasteiger charge is 2.38. The predicted octanol–water partition coefficient (Wildman–Crippen LogP) is 6.09. The Bertz CT molecular complexity index is 1060. The van der Waals surface area contributed by atoms with Crippen LogP contribution in [0, 0.1) is 5.82 Å². The van der Waals surface area contributed by atoms with Crippen LogP contribution in [0.25, 0.3) is 0 Å². The summed E-state index contributed by atoms with van der Waals surface area (Å²) in [6.07, 6.45) is 7.48. The largest absolute Gasteiger partial charge is 0.488 e. The monoisotopic (exact) mass is 519 g/mol. The Kier molecular flexibility index (Phi) is 8.99. The van der Waals surface area contributed by atoms with Gasteiger partial charge in [0.1, 0.15) is 17.2 Å². The number of anilines is 1. The van der Waals surface area contributed by atoms with Crippen LogP contribution in [0.1, 0.15) is 71.4 Å². The van der Waals surface area contributed by atoms with Crippen LogP contribution in [-0.2, 0) is 19.5 Å². The molecule has 2 aromatic rings. The van der Waals surface area contributed by atoms with Crippen molar-refractivity contribution in [3.8, 4) is 5.75 Å². The first kappa shape index (κ1) is 28.3. The number of carbonyl (C=O) groups is 1. The van der Waals surface area contributed by atoms with Gasteiger partial charge >= 0.3 is 0 Å². The summed E-state index contributed by atoms with van der Waals surface area (Å²) in [5.41, 5.74) is 1.10. The Morgan fingerprint density at radius 3 is 2.22 bits per heavy atom. The fourth-order valence-corrected chi connectivity index (χ4v) is 5.37. The zero-order valence-electron chi connectivity index (χ0n) is 22.6. The molecule has 0 aromatic heterocycles. The summed E-state index contributed by atoms with van der Waals surface area (Å²) in [4.78, 5) is 14.0. The summed E-state index contributed by atoms with van der Waals surface area (Å²) in [6.45, 7) is 8.98. The molecule has 1 fully saturated rings. The van der Waals surface area contributed by atoms with Gasteiger partial charge in [-0.2, -0.15) is 0 Å². The highest BCUT2D eigenvalue weighted by atomic mass is 32.2. The van der Waals surface area contributed by atoms with Gasteiger partial charge in [-0.25, -0.2) is 4.39 Å². The number of carbonyl (C=O) groups excluding carboxylic acids is 1. The zero-order chi connectivity index (χ0) is 26.6. The number of ether oxygens (including phenoxy) is 2. The van der Waals surface area contributed by atoms with Crippen LogP contribution < -0.4 is 9.64 Å². The second-order valence-electron chi connectivity index (χ2n) is 11.2. The number of thiol groups is 1. The van der Waals surface area contributed by atoms with E-state index in [9.17, 15) is 13.4 Å². The van der Waals surface area contributed by atoms with E-state index in [2.05, 4.69) is 27.7 Å². The molecule has 0 spiro atoms. The molecular weight excluding hydrogens is 477 g/mol.